The molecule has 0 aromatic heterocycles. The van der Waals surface area contributed by atoms with Gasteiger partial charge >= 0.3 is 0 Å². The SMILES string of the molecule is CC(C)C1(N)CN(C(=O)CC2CCCCCC2)C1. The Hall–Kier alpha value is -0.570. The monoisotopic (exact) mass is 252 g/mol. The molecule has 1 saturated heterocycles. The Bertz CT molecular complexity index is 287. The van der Waals surface area contributed by atoms with E-state index in [1.165, 1.54) is 38.5 Å². The highest BCUT2D eigenvalue weighted by Gasteiger charge is 2.44. The molecule has 1 amide bonds. The van der Waals surface area contributed by atoms with Gasteiger partial charge in [-0.05, 0) is 24.7 Å². The third-order valence-electron chi connectivity index (χ3n) is 4.91. The van der Waals surface area contributed by atoms with Gasteiger partial charge in [-0.3, -0.25) is 4.79 Å². The molecule has 0 unspecified atom stereocenters. The van der Waals surface area contributed by atoms with Gasteiger partial charge < -0.3 is 10.6 Å². The third kappa shape index (κ3) is 3.05. The summed E-state index contributed by atoms with van der Waals surface area (Å²) in [6, 6.07) is 0. The number of likely N-dealkylation sites (tertiary alicyclic amines) is 1. The molecule has 1 saturated carbocycles. The zero-order valence-electron chi connectivity index (χ0n) is 12.0. The molecule has 18 heavy (non-hydrogen) atoms. The molecule has 1 aliphatic heterocycles. The van der Waals surface area contributed by atoms with Crippen molar-refractivity contribution in [1.29, 1.82) is 0 Å². The minimum atomic E-state index is -0.126. The number of hydrogen-bond donors (Lipinski definition) is 1. The van der Waals surface area contributed by atoms with Crippen LogP contribution in [-0.4, -0.2) is 29.4 Å². The van der Waals surface area contributed by atoms with E-state index in [2.05, 4.69) is 13.8 Å². The molecule has 1 heterocycles. The van der Waals surface area contributed by atoms with Crippen molar-refractivity contribution >= 4 is 5.91 Å². The molecular weight excluding hydrogens is 224 g/mol. The lowest BCUT2D eigenvalue weighted by Gasteiger charge is -2.50. The van der Waals surface area contributed by atoms with Crippen molar-refractivity contribution in [2.24, 2.45) is 17.6 Å². The van der Waals surface area contributed by atoms with Gasteiger partial charge in [-0.2, -0.15) is 0 Å². The second-order valence-corrected chi connectivity index (χ2v) is 6.70. The summed E-state index contributed by atoms with van der Waals surface area (Å²) >= 11 is 0. The first-order chi connectivity index (χ1) is 8.51. The molecule has 3 nitrogen and oxygen atoms in total. The molecule has 104 valence electrons. The highest BCUT2D eigenvalue weighted by Crippen LogP contribution is 2.30. The van der Waals surface area contributed by atoms with Gasteiger partial charge in [0.05, 0.1) is 5.54 Å². The summed E-state index contributed by atoms with van der Waals surface area (Å²) in [5, 5.41) is 0. The normalized spacial score (nSPS) is 24.8. The van der Waals surface area contributed by atoms with Gasteiger partial charge in [0.25, 0.3) is 0 Å². The Balaban J connectivity index is 1.76. The van der Waals surface area contributed by atoms with Crippen LogP contribution in [0.2, 0.25) is 0 Å². The molecule has 0 spiro atoms. The van der Waals surface area contributed by atoms with Crippen LogP contribution in [-0.2, 0) is 4.79 Å². The van der Waals surface area contributed by atoms with E-state index >= 15 is 0 Å². The van der Waals surface area contributed by atoms with Crippen molar-refractivity contribution in [2.75, 3.05) is 13.1 Å². The van der Waals surface area contributed by atoms with E-state index in [0.29, 0.717) is 17.7 Å². The molecule has 2 fully saturated rings. The fraction of sp³-hybridized carbons (Fsp3) is 0.933. The molecule has 1 aliphatic carbocycles. The van der Waals surface area contributed by atoms with E-state index in [4.69, 9.17) is 5.73 Å². The van der Waals surface area contributed by atoms with Crippen molar-refractivity contribution in [3.63, 3.8) is 0 Å². The van der Waals surface area contributed by atoms with Crippen LogP contribution in [0, 0.1) is 11.8 Å². The van der Waals surface area contributed by atoms with Crippen LogP contribution in [0.25, 0.3) is 0 Å². The molecule has 2 aliphatic rings. The Labute approximate surface area is 111 Å². The van der Waals surface area contributed by atoms with Crippen LogP contribution in [0.15, 0.2) is 0 Å². The smallest absolute Gasteiger partial charge is 0.222 e. The minimum Gasteiger partial charge on any atom is -0.339 e. The average molecular weight is 252 g/mol. The maximum absolute atomic E-state index is 12.2. The van der Waals surface area contributed by atoms with Gasteiger partial charge in [-0.1, -0.05) is 39.5 Å². The van der Waals surface area contributed by atoms with Crippen molar-refractivity contribution in [2.45, 2.75) is 64.3 Å². The van der Waals surface area contributed by atoms with Crippen molar-refractivity contribution < 1.29 is 4.79 Å². The van der Waals surface area contributed by atoms with E-state index in [0.717, 1.165) is 19.5 Å². The highest BCUT2D eigenvalue weighted by molar-refractivity contribution is 5.77. The topological polar surface area (TPSA) is 46.3 Å². The molecule has 0 bridgehead atoms. The standard InChI is InChI=1S/C15H28N2O/c1-12(2)15(16)10-17(11-15)14(18)9-13-7-5-3-4-6-8-13/h12-13H,3-11,16H2,1-2H3. The minimum absolute atomic E-state index is 0.126. The van der Waals surface area contributed by atoms with Crippen LogP contribution in [0.1, 0.15) is 58.8 Å². The molecule has 0 atom stereocenters. The van der Waals surface area contributed by atoms with Gasteiger partial charge in [-0.15, -0.1) is 0 Å². The Kier molecular flexibility index (Phi) is 4.31. The number of amides is 1. The van der Waals surface area contributed by atoms with Crippen LogP contribution in [0.3, 0.4) is 0 Å². The van der Waals surface area contributed by atoms with Crippen LogP contribution in [0.4, 0.5) is 0 Å². The molecule has 2 rings (SSSR count). The largest absolute Gasteiger partial charge is 0.339 e. The lowest BCUT2D eigenvalue weighted by atomic mass is 9.80. The van der Waals surface area contributed by atoms with E-state index in [1.807, 2.05) is 4.90 Å². The van der Waals surface area contributed by atoms with E-state index in [1.54, 1.807) is 0 Å². The van der Waals surface area contributed by atoms with E-state index < -0.39 is 0 Å². The average Bonchev–Trinajstić information content (AvgIpc) is 2.52. The molecule has 0 radical (unpaired) electrons. The van der Waals surface area contributed by atoms with E-state index in [9.17, 15) is 4.79 Å². The molecule has 3 heteroatoms. The van der Waals surface area contributed by atoms with Crippen molar-refractivity contribution in [1.82, 2.24) is 4.90 Å². The molecular formula is C15H28N2O. The Morgan fingerprint density at radius 1 is 1.22 bits per heavy atom. The summed E-state index contributed by atoms with van der Waals surface area (Å²) in [5.41, 5.74) is 6.11. The summed E-state index contributed by atoms with van der Waals surface area (Å²) in [6.45, 7) is 5.81. The first-order valence-corrected chi connectivity index (χ1v) is 7.58. The second-order valence-electron chi connectivity index (χ2n) is 6.70. The number of nitrogens with zero attached hydrogens (tertiary/aromatic N) is 1. The fourth-order valence-electron chi connectivity index (χ4n) is 3.15. The fourth-order valence-corrected chi connectivity index (χ4v) is 3.15. The lowest BCUT2D eigenvalue weighted by molar-refractivity contribution is -0.141. The van der Waals surface area contributed by atoms with Gasteiger partial charge in [-0.25, -0.2) is 0 Å². The first kappa shape index (κ1) is 13.9. The molecule has 0 aromatic rings. The van der Waals surface area contributed by atoms with Gasteiger partial charge in [0.1, 0.15) is 0 Å². The Morgan fingerprint density at radius 2 is 1.78 bits per heavy atom. The van der Waals surface area contributed by atoms with E-state index in [-0.39, 0.29) is 5.54 Å². The second kappa shape index (κ2) is 5.60. The molecule has 2 N–H and O–H groups in total. The number of carbonyl (C=O) groups excluding carboxylic acids is 1. The predicted molar refractivity (Wildman–Crippen MR) is 74.1 cm³/mol. The first-order valence-electron chi connectivity index (χ1n) is 7.58. The number of nitrogens with two attached hydrogens (primary N) is 1. The number of hydrogen-bond acceptors (Lipinski definition) is 2. The van der Waals surface area contributed by atoms with Crippen molar-refractivity contribution in [3.8, 4) is 0 Å². The van der Waals surface area contributed by atoms with Gasteiger partial charge in [0, 0.05) is 19.5 Å². The summed E-state index contributed by atoms with van der Waals surface area (Å²) < 4.78 is 0. The van der Waals surface area contributed by atoms with Crippen LogP contribution in [0.5, 0.6) is 0 Å². The van der Waals surface area contributed by atoms with Crippen LogP contribution >= 0.6 is 0 Å². The van der Waals surface area contributed by atoms with Gasteiger partial charge in [0.2, 0.25) is 5.91 Å². The van der Waals surface area contributed by atoms with Gasteiger partial charge in [0.15, 0.2) is 0 Å². The lowest BCUT2D eigenvalue weighted by Crippen LogP contribution is -2.71. The third-order valence-corrected chi connectivity index (χ3v) is 4.91. The maximum Gasteiger partial charge on any atom is 0.222 e. The number of carbonyl (C=O) groups is 1. The quantitative estimate of drug-likeness (QED) is 0.785. The predicted octanol–water partition coefficient (Wildman–Crippen LogP) is 2.54. The zero-order chi connectivity index (χ0) is 13.2. The van der Waals surface area contributed by atoms with Crippen LogP contribution < -0.4 is 5.73 Å². The van der Waals surface area contributed by atoms with Crippen molar-refractivity contribution in [3.05, 3.63) is 0 Å². The summed E-state index contributed by atoms with van der Waals surface area (Å²) in [7, 11) is 0. The number of rotatable bonds is 3. The zero-order valence-corrected chi connectivity index (χ0v) is 12.0. The summed E-state index contributed by atoms with van der Waals surface area (Å²) in [5.74, 6) is 1.43. The summed E-state index contributed by atoms with van der Waals surface area (Å²) in [4.78, 5) is 14.1. The molecule has 0 aromatic carbocycles. The summed E-state index contributed by atoms with van der Waals surface area (Å²) in [6.07, 6.45) is 8.58. The Morgan fingerprint density at radius 3 is 2.28 bits per heavy atom. The maximum atomic E-state index is 12.2. The highest BCUT2D eigenvalue weighted by atomic mass is 16.2.